The minimum atomic E-state index is 0. The molecule has 0 atom stereocenters. The van der Waals surface area contributed by atoms with Crippen molar-refractivity contribution in [1.82, 2.24) is 0 Å². The summed E-state index contributed by atoms with van der Waals surface area (Å²) in [5, 5.41) is 39.5. The van der Waals surface area contributed by atoms with Crippen LogP contribution in [0.1, 0.15) is 22.3 Å². The fraction of sp³-hybridized carbons (Fsp3) is 0.0714. The van der Waals surface area contributed by atoms with E-state index in [2.05, 4.69) is 0 Å². The standard InChI is InChI=1S/2C14H12NOS.Zn/c2*1-10-6-2-5-9-13(10)17-14(15)11-7-3-4-8-12(11)16;/h2*2-9,16H,1H3;/q2*-1;+2. The molecule has 0 amide bonds. The van der Waals surface area contributed by atoms with E-state index >= 15 is 0 Å². The van der Waals surface area contributed by atoms with Crippen LogP contribution in [0.3, 0.4) is 0 Å². The van der Waals surface area contributed by atoms with Gasteiger partial charge in [-0.3, -0.25) is 0 Å². The van der Waals surface area contributed by atoms with Gasteiger partial charge in [0.25, 0.3) is 0 Å². The van der Waals surface area contributed by atoms with Crippen molar-refractivity contribution in [3.63, 3.8) is 0 Å². The number of para-hydroxylation sites is 2. The number of aromatic hydroxyl groups is 2. The van der Waals surface area contributed by atoms with Crippen molar-refractivity contribution in [1.29, 1.82) is 0 Å². The van der Waals surface area contributed by atoms with Gasteiger partial charge >= 0.3 is 19.5 Å². The Bertz CT molecular complexity index is 1210. The predicted molar refractivity (Wildman–Crippen MR) is 145 cm³/mol. The molecule has 4 nitrogen and oxygen atoms in total. The average molecular weight is 550 g/mol. The quantitative estimate of drug-likeness (QED) is 0.119. The first-order valence-electron chi connectivity index (χ1n) is 10.5. The summed E-state index contributed by atoms with van der Waals surface area (Å²) in [6, 6.07) is 29.1. The van der Waals surface area contributed by atoms with Gasteiger partial charge in [0.2, 0.25) is 0 Å². The summed E-state index contributed by atoms with van der Waals surface area (Å²) >= 11 is 2.50. The summed E-state index contributed by atoms with van der Waals surface area (Å²) < 4.78 is 0. The third-order valence-electron chi connectivity index (χ3n) is 4.87. The van der Waals surface area contributed by atoms with E-state index in [9.17, 15) is 21.0 Å². The Labute approximate surface area is 227 Å². The van der Waals surface area contributed by atoms with Crippen molar-refractivity contribution in [3.05, 3.63) is 130 Å². The van der Waals surface area contributed by atoms with E-state index in [0.29, 0.717) is 11.1 Å². The minimum absolute atomic E-state index is 0. The third kappa shape index (κ3) is 8.10. The van der Waals surface area contributed by atoms with Gasteiger partial charge < -0.3 is 21.0 Å². The van der Waals surface area contributed by atoms with Gasteiger partial charge in [-0.1, -0.05) is 72.8 Å². The molecule has 172 valence electrons. The van der Waals surface area contributed by atoms with Crippen molar-refractivity contribution in [3.8, 4) is 11.5 Å². The van der Waals surface area contributed by atoms with Gasteiger partial charge in [-0.2, -0.15) is 0 Å². The Balaban J connectivity index is 0.000000240. The van der Waals surface area contributed by atoms with E-state index in [1.807, 2.05) is 62.4 Å². The second kappa shape index (κ2) is 13.9. The van der Waals surface area contributed by atoms with Crippen molar-refractivity contribution < 1.29 is 29.7 Å². The Morgan fingerprint density at radius 3 is 1.20 bits per heavy atom. The first kappa shape index (κ1) is 28.4. The smallest absolute Gasteiger partial charge is 0.797 e. The molecule has 0 unspecified atom stereocenters. The number of aryl methyl sites for hydroxylation is 2. The normalized spacial score (nSPS) is 9.89. The van der Waals surface area contributed by atoms with Crippen LogP contribution in [0.5, 0.6) is 11.5 Å². The van der Waals surface area contributed by atoms with Crippen molar-refractivity contribution in [2.24, 2.45) is 0 Å². The number of hydrogen-bond acceptors (Lipinski definition) is 4. The van der Waals surface area contributed by atoms with Crippen molar-refractivity contribution in [2.75, 3.05) is 0 Å². The number of thioether (sulfide) groups is 2. The van der Waals surface area contributed by atoms with Crippen molar-refractivity contribution in [2.45, 2.75) is 23.6 Å². The van der Waals surface area contributed by atoms with Gasteiger partial charge in [-0.05, 0) is 49.2 Å². The van der Waals surface area contributed by atoms with Crippen LogP contribution in [0, 0.1) is 13.8 Å². The monoisotopic (exact) mass is 548 g/mol. The maximum atomic E-state index is 10.00. The van der Waals surface area contributed by atoms with E-state index in [1.165, 1.54) is 23.5 Å². The molecule has 0 saturated heterocycles. The number of rotatable bonds is 4. The molecule has 0 aromatic heterocycles. The number of benzene rings is 4. The summed E-state index contributed by atoms with van der Waals surface area (Å²) in [5.41, 5.74) is 3.11. The summed E-state index contributed by atoms with van der Waals surface area (Å²) in [7, 11) is 0. The zero-order chi connectivity index (χ0) is 24.5. The van der Waals surface area contributed by atoms with Crippen LogP contribution in [0.4, 0.5) is 0 Å². The summed E-state index contributed by atoms with van der Waals surface area (Å²) in [6.45, 7) is 3.97. The van der Waals surface area contributed by atoms with Crippen LogP contribution in [-0.4, -0.2) is 20.3 Å². The van der Waals surface area contributed by atoms with Crippen LogP contribution in [0.25, 0.3) is 10.8 Å². The van der Waals surface area contributed by atoms with Crippen LogP contribution >= 0.6 is 23.5 Å². The summed E-state index contributed by atoms with van der Waals surface area (Å²) in [4.78, 5) is 1.96. The molecule has 0 saturated carbocycles. The molecular weight excluding hydrogens is 526 g/mol. The molecule has 0 heterocycles. The molecule has 0 aliphatic carbocycles. The third-order valence-corrected chi connectivity index (χ3v) is 7.05. The Morgan fingerprint density at radius 2 is 0.857 bits per heavy atom. The van der Waals surface area contributed by atoms with Crippen LogP contribution < -0.4 is 0 Å². The number of phenols is 2. The zero-order valence-corrected chi connectivity index (χ0v) is 24.2. The molecule has 2 N–H and O–H groups in total. The molecule has 0 spiro atoms. The minimum Gasteiger partial charge on any atom is -0.797 e. The van der Waals surface area contributed by atoms with E-state index in [0.717, 1.165) is 20.9 Å². The van der Waals surface area contributed by atoms with Crippen LogP contribution in [-0.2, 0) is 19.5 Å². The number of phenolic OH excluding ortho intramolecular Hbond substituents is 2. The molecule has 4 aromatic rings. The predicted octanol–water partition coefficient (Wildman–Crippen LogP) is 7.62. The molecule has 4 aromatic carbocycles. The molecule has 4 rings (SSSR count). The van der Waals surface area contributed by atoms with Gasteiger partial charge in [0.05, 0.1) is 0 Å². The molecule has 35 heavy (non-hydrogen) atoms. The van der Waals surface area contributed by atoms with Crippen molar-refractivity contribution >= 4 is 33.6 Å². The first-order valence-corrected chi connectivity index (χ1v) is 12.2. The topological polar surface area (TPSA) is 85.1 Å². The van der Waals surface area contributed by atoms with Gasteiger partial charge in [-0.25, -0.2) is 0 Å². The SMILES string of the molecule is Cc1ccccc1SC(=[N-])c1ccccc1O.Cc1ccccc1SC(=[N-])c1ccccc1O.[Zn+2]. The van der Waals surface area contributed by atoms with Gasteiger partial charge in [0, 0.05) is 20.9 Å². The summed E-state index contributed by atoms with van der Waals surface area (Å²) in [6.07, 6.45) is 0. The van der Waals surface area contributed by atoms with Crippen LogP contribution in [0.2, 0.25) is 0 Å². The number of nitrogens with zero attached hydrogens (tertiary/aromatic N) is 2. The van der Waals surface area contributed by atoms with E-state index in [1.54, 1.807) is 48.5 Å². The Hall–Kier alpha value is -2.86. The number of hydrogen-bond donors (Lipinski definition) is 2. The fourth-order valence-electron chi connectivity index (χ4n) is 2.97. The van der Waals surface area contributed by atoms with Gasteiger partial charge in [-0.15, -0.1) is 33.6 Å². The molecule has 0 bridgehead atoms. The van der Waals surface area contributed by atoms with Gasteiger partial charge in [0.15, 0.2) is 0 Å². The van der Waals surface area contributed by atoms with E-state index < -0.39 is 0 Å². The second-order valence-electron chi connectivity index (χ2n) is 7.38. The first-order chi connectivity index (χ1) is 16.4. The zero-order valence-electron chi connectivity index (χ0n) is 19.6. The molecule has 7 heteroatoms. The molecule has 0 radical (unpaired) electrons. The van der Waals surface area contributed by atoms with E-state index in [-0.39, 0.29) is 41.1 Å². The molecular formula is C28H24N2O2S2Zn. The maximum Gasteiger partial charge on any atom is 2.00 e. The van der Waals surface area contributed by atoms with E-state index in [4.69, 9.17) is 0 Å². The second-order valence-corrected chi connectivity index (χ2v) is 9.44. The molecule has 0 aliphatic heterocycles. The largest absolute Gasteiger partial charge is 2.00 e. The fourth-order valence-corrected chi connectivity index (χ4v) is 4.70. The Morgan fingerprint density at radius 1 is 0.543 bits per heavy atom. The molecule has 0 fully saturated rings. The average Bonchev–Trinajstić information content (AvgIpc) is 2.83. The van der Waals surface area contributed by atoms with Gasteiger partial charge in [0.1, 0.15) is 11.5 Å². The summed E-state index contributed by atoms with van der Waals surface area (Å²) in [5.74, 6) is 0.178. The Kier molecular flexibility index (Phi) is 11.3. The maximum absolute atomic E-state index is 10.00. The molecule has 0 aliphatic rings. The van der Waals surface area contributed by atoms with Crippen LogP contribution in [0.15, 0.2) is 107 Å².